The molecule has 0 spiro atoms. The second-order valence-corrected chi connectivity index (χ2v) is 5.99. The SMILES string of the molecule is Cn1ccnc1C(=O)NCCN1CCC(N2CCCC2)C1=O. The Balaban J connectivity index is 1.45. The zero-order valence-electron chi connectivity index (χ0n) is 13.0. The number of carbonyl (C=O) groups is 2. The molecule has 0 aliphatic carbocycles. The summed E-state index contributed by atoms with van der Waals surface area (Å²) in [7, 11) is 1.78. The number of amides is 2. The molecule has 2 amide bonds. The van der Waals surface area contributed by atoms with Crippen molar-refractivity contribution < 1.29 is 9.59 Å². The summed E-state index contributed by atoms with van der Waals surface area (Å²) < 4.78 is 1.68. The van der Waals surface area contributed by atoms with Gasteiger partial charge in [-0.05, 0) is 32.4 Å². The summed E-state index contributed by atoms with van der Waals surface area (Å²) in [6.45, 7) is 3.90. The second-order valence-electron chi connectivity index (χ2n) is 5.99. The first-order chi connectivity index (χ1) is 10.7. The Morgan fingerprint density at radius 2 is 2.14 bits per heavy atom. The van der Waals surface area contributed by atoms with Crippen molar-refractivity contribution in [1.29, 1.82) is 0 Å². The Morgan fingerprint density at radius 3 is 2.82 bits per heavy atom. The third kappa shape index (κ3) is 2.99. The van der Waals surface area contributed by atoms with Crippen LogP contribution in [0.15, 0.2) is 12.4 Å². The van der Waals surface area contributed by atoms with Crippen LogP contribution in [0.1, 0.15) is 29.9 Å². The van der Waals surface area contributed by atoms with Crippen LogP contribution in [0.2, 0.25) is 0 Å². The molecule has 2 aliphatic rings. The van der Waals surface area contributed by atoms with Gasteiger partial charge >= 0.3 is 0 Å². The number of hydrogen-bond acceptors (Lipinski definition) is 4. The van der Waals surface area contributed by atoms with Crippen LogP contribution < -0.4 is 5.32 Å². The number of imidazole rings is 1. The van der Waals surface area contributed by atoms with Crippen LogP contribution in [-0.2, 0) is 11.8 Å². The lowest BCUT2D eigenvalue weighted by atomic mass is 10.2. The summed E-state index contributed by atoms with van der Waals surface area (Å²) in [5, 5.41) is 2.83. The molecule has 120 valence electrons. The Morgan fingerprint density at radius 1 is 1.36 bits per heavy atom. The first-order valence-electron chi connectivity index (χ1n) is 7.95. The lowest BCUT2D eigenvalue weighted by molar-refractivity contribution is -0.131. The molecule has 2 aliphatic heterocycles. The van der Waals surface area contributed by atoms with Crippen LogP contribution in [0, 0.1) is 0 Å². The molecule has 1 aromatic heterocycles. The molecule has 1 unspecified atom stereocenters. The van der Waals surface area contributed by atoms with Crippen molar-refractivity contribution in [2.45, 2.75) is 25.3 Å². The minimum absolute atomic E-state index is 0.0627. The van der Waals surface area contributed by atoms with Gasteiger partial charge in [0.15, 0.2) is 5.82 Å². The van der Waals surface area contributed by atoms with E-state index in [2.05, 4.69) is 15.2 Å². The molecule has 3 rings (SSSR count). The van der Waals surface area contributed by atoms with Crippen LogP contribution >= 0.6 is 0 Å². The Labute approximate surface area is 130 Å². The predicted octanol–water partition coefficient (Wildman–Crippen LogP) is -0.153. The molecule has 3 heterocycles. The topological polar surface area (TPSA) is 70.5 Å². The Hall–Kier alpha value is -1.89. The monoisotopic (exact) mass is 305 g/mol. The highest BCUT2D eigenvalue weighted by Gasteiger charge is 2.36. The van der Waals surface area contributed by atoms with Crippen LogP contribution in [0.25, 0.3) is 0 Å². The van der Waals surface area contributed by atoms with E-state index in [9.17, 15) is 9.59 Å². The van der Waals surface area contributed by atoms with Gasteiger partial charge in [-0.15, -0.1) is 0 Å². The largest absolute Gasteiger partial charge is 0.348 e. The number of nitrogens with zero attached hydrogens (tertiary/aromatic N) is 4. The minimum Gasteiger partial charge on any atom is -0.348 e. The zero-order chi connectivity index (χ0) is 15.5. The molecular weight excluding hydrogens is 282 g/mol. The van der Waals surface area contributed by atoms with E-state index in [1.807, 2.05) is 4.90 Å². The third-order valence-corrected chi connectivity index (χ3v) is 4.54. The summed E-state index contributed by atoms with van der Waals surface area (Å²) in [6, 6.07) is 0.0627. The molecule has 0 radical (unpaired) electrons. The van der Waals surface area contributed by atoms with Crippen molar-refractivity contribution in [2.75, 3.05) is 32.7 Å². The summed E-state index contributed by atoms with van der Waals surface area (Å²) in [5.41, 5.74) is 0. The number of nitrogens with one attached hydrogen (secondary N) is 1. The highest BCUT2D eigenvalue weighted by atomic mass is 16.2. The number of carbonyl (C=O) groups excluding carboxylic acids is 2. The van der Waals surface area contributed by atoms with Gasteiger partial charge in [0.05, 0.1) is 6.04 Å². The maximum atomic E-state index is 12.4. The molecule has 7 nitrogen and oxygen atoms in total. The molecule has 0 saturated carbocycles. The normalized spacial score (nSPS) is 22.5. The molecule has 7 heteroatoms. The fourth-order valence-electron chi connectivity index (χ4n) is 3.30. The summed E-state index contributed by atoms with van der Waals surface area (Å²) in [4.78, 5) is 32.5. The number of hydrogen-bond donors (Lipinski definition) is 1. The van der Waals surface area contributed by atoms with E-state index in [0.717, 1.165) is 26.1 Å². The molecule has 2 fully saturated rings. The first-order valence-corrected chi connectivity index (χ1v) is 7.95. The van der Waals surface area contributed by atoms with Crippen LogP contribution in [-0.4, -0.2) is 69.9 Å². The Bertz CT molecular complexity index is 550. The van der Waals surface area contributed by atoms with Crippen molar-refractivity contribution in [1.82, 2.24) is 24.7 Å². The maximum Gasteiger partial charge on any atom is 0.287 e. The molecule has 2 saturated heterocycles. The highest BCUT2D eigenvalue weighted by Crippen LogP contribution is 2.21. The molecule has 0 aromatic carbocycles. The second kappa shape index (κ2) is 6.48. The van der Waals surface area contributed by atoms with E-state index in [-0.39, 0.29) is 17.9 Å². The molecule has 1 aromatic rings. The van der Waals surface area contributed by atoms with Gasteiger partial charge in [-0.1, -0.05) is 0 Å². The number of aromatic nitrogens is 2. The summed E-state index contributed by atoms with van der Waals surface area (Å²) in [6.07, 6.45) is 6.64. The van der Waals surface area contributed by atoms with Crippen LogP contribution in [0.3, 0.4) is 0 Å². The summed E-state index contributed by atoms with van der Waals surface area (Å²) >= 11 is 0. The third-order valence-electron chi connectivity index (χ3n) is 4.54. The van der Waals surface area contributed by atoms with E-state index >= 15 is 0 Å². The fraction of sp³-hybridized carbons (Fsp3) is 0.667. The smallest absolute Gasteiger partial charge is 0.287 e. The lowest BCUT2D eigenvalue weighted by Crippen LogP contribution is -2.42. The van der Waals surface area contributed by atoms with E-state index < -0.39 is 0 Å². The molecule has 22 heavy (non-hydrogen) atoms. The van der Waals surface area contributed by atoms with Gasteiger partial charge < -0.3 is 14.8 Å². The van der Waals surface area contributed by atoms with Gasteiger partial charge in [-0.2, -0.15) is 0 Å². The van der Waals surface area contributed by atoms with Crippen LogP contribution in [0.4, 0.5) is 0 Å². The van der Waals surface area contributed by atoms with Gasteiger partial charge in [-0.25, -0.2) is 4.98 Å². The molecule has 0 bridgehead atoms. The van der Waals surface area contributed by atoms with E-state index in [0.29, 0.717) is 18.9 Å². The highest BCUT2D eigenvalue weighted by molar-refractivity contribution is 5.90. The number of likely N-dealkylation sites (tertiary alicyclic amines) is 2. The van der Waals surface area contributed by atoms with E-state index in [1.54, 1.807) is 24.0 Å². The van der Waals surface area contributed by atoms with Crippen molar-refractivity contribution in [3.05, 3.63) is 18.2 Å². The number of aryl methyl sites for hydroxylation is 1. The van der Waals surface area contributed by atoms with E-state index in [4.69, 9.17) is 0 Å². The van der Waals surface area contributed by atoms with Gasteiger partial charge in [0.25, 0.3) is 5.91 Å². The van der Waals surface area contributed by atoms with Gasteiger partial charge in [0.1, 0.15) is 0 Å². The minimum atomic E-state index is -0.199. The zero-order valence-corrected chi connectivity index (χ0v) is 13.0. The van der Waals surface area contributed by atoms with Crippen molar-refractivity contribution >= 4 is 11.8 Å². The van der Waals surface area contributed by atoms with Gasteiger partial charge in [0.2, 0.25) is 5.91 Å². The van der Waals surface area contributed by atoms with Crippen LogP contribution in [0.5, 0.6) is 0 Å². The van der Waals surface area contributed by atoms with Crippen molar-refractivity contribution in [3.63, 3.8) is 0 Å². The average Bonchev–Trinajstić information content (AvgIpc) is 3.21. The molecular formula is C15H23N5O2. The van der Waals surface area contributed by atoms with E-state index in [1.165, 1.54) is 12.8 Å². The maximum absolute atomic E-state index is 12.4. The van der Waals surface area contributed by atoms with Gasteiger partial charge in [0, 0.05) is 39.1 Å². The molecule has 1 atom stereocenters. The molecule has 1 N–H and O–H groups in total. The van der Waals surface area contributed by atoms with Crippen molar-refractivity contribution in [2.24, 2.45) is 7.05 Å². The summed E-state index contributed by atoms with van der Waals surface area (Å²) in [5.74, 6) is 0.408. The quantitative estimate of drug-likeness (QED) is 0.821. The predicted molar refractivity (Wildman–Crippen MR) is 81.3 cm³/mol. The lowest BCUT2D eigenvalue weighted by Gasteiger charge is -2.22. The average molecular weight is 305 g/mol. The van der Waals surface area contributed by atoms with Crippen molar-refractivity contribution in [3.8, 4) is 0 Å². The fourth-order valence-corrected chi connectivity index (χ4v) is 3.30. The standard InChI is InChI=1S/C15H23N5O2/c1-18-10-5-16-13(18)14(21)17-6-11-20-9-4-12(15(20)22)19-7-2-3-8-19/h5,10,12H,2-4,6-9,11H2,1H3,(H,17,21). The Kier molecular flexibility index (Phi) is 4.42. The number of rotatable bonds is 5. The first kappa shape index (κ1) is 15.0. The van der Waals surface area contributed by atoms with Gasteiger partial charge in [-0.3, -0.25) is 14.5 Å².